The first kappa shape index (κ1) is 7.92. The van der Waals surface area contributed by atoms with Gasteiger partial charge in [0.15, 0.2) is 0 Å². The van der Waals surface area contributed by atoms with Gasteiger partial charge in [-0.1, -0.05) is 11.6 Å². The highest BCUT2D eigenvalue weighted by Crippen LogP contribution is 2.14. The summed E-state index contributed by atoms with van der Waals surface area (Å²) in [5, 5.41) is 0. The Hall–Kier alpha value is -1.18. The molecule has 0 spiro atoms. The van der Waals surface area contributed by atoms with Crippen molar-refractivity contribution in [1.82, 2.24) is 0 Å². The van der Waals surface area contributed by atoms with Crippen molar-refractivity contribution < 1.29 is 9.59 Å². The molecule has 1 rings (SSSR count). The lowest BCUT2D eigenvalue weighted by Crippen LogP contribution is -2.18. The summed E-state index contributed by atoms with van der Waals surface area (Å²) in [7, 11) is 0. The van der Waals surface area contributed by atoms with Gasteiger partial charge in [-0.15, -0.1) is 0 Å². The maximum absolute atomic E-state index is 11.1. The normalized spacial score (nSPS) is 17.5. The topological polar surface area (TPSA) is 34.1 Å². The number of Topliss-reactive ketones (excluding diaryl/α,β-unsaturated/α-hetero) is 2. The SMILES string of the molecule is CC(C)=C1CC=[C]C(=O)C1=O. The third-order valence-corrected chi connectivity index (χ3v) is 1.62. The number of hydrogen-bond acceptors (Lipinski definition) is 2. The van der Waals surface area contributed by atoms with Gasteiger partial charge in [-0.05, 0) is 20.3 Å². The minimum Gasteiger partial charge on any atom is -0.285 e. The van der Waals surface area contributed by atoms with Crippen LogP contribution in [0.5, 0.6) is 0 Å². The molecule has 0 saturated carbocycles. The van der Waals surface area contributed by atoms with Gasteiger partial charge in [0.05, 0.1) is 0 Å². The quantitative estimate of drug-likeness (QED) is 0.383. The van der Waals surface area contributed by atoms with Gasteiger partial charge >= 0.3 is 0 Å². The monoisotopic (exact) mass is 149 g/mol. The molecule has 1 aliphatic carbocycles. The molecule has 0 aliphatic heterocycles. The molecule has 1 aliphatic rings. The Morgan fingerprint density at radius 2 is 2.09 bits per heavy atom. The summed E-state index contributed by atoms with van der Waals surface area (Å²) in [6, 6.07) is 0. The second-order valence-electron chi connectivity index (χ2n) is 2.69. The average molecular weight is 149 g/mol. The molecule has 0 aromatic rings. The fourth-order valence-corrected chi connectivity index (χ4v) is 0.972. The molecule has 0 atom stereocenters. The number of carbonyl (C=O) groups excluding carboxylic acids is 2. The Morgan fingerprint density at radius 3 is 2.55 bits per heavy atom. The smallest absolute Gasteiger partial charge is 0.233 e. The molecule has 2 nitrogen and oxygen atoms in total. The van der Waals surface area contributed by atoms with Crippen molar-refractivity contribution in [3.8, 4) is 0 Å². The highest BCUT2D eigenvalue weighted by atomic mass is 16.2. The fourth-order valence-electron chi connectivity index (χ4n) is 0.972. The Morgan fingerprint density at radius 1 is 1.45 bits per heavy atom. The zero-order chi connectivity index (χ0) is 8.43. The van der Waals surface area contributed by atoms with Gasteiger partial charge in [0.25, 0.3) is 0 Å². The van der Waals surface area contributed by atoms with Crippen molar-refractivity contribution in [2.24, 2.45) is 0 Å². The van der Waals surface area contributed by atoms with Gasteiger partial charge in [0.2, 0.25) is 11.6 Å². The maximum atomic E-state index is 11.1. The third-order valence-electron chi connectivity index (χ3n) is 1.62. The van der Waals surface area contributed by atoms with E-state index in [-0.39, 0.29) is 0 Å². The van der Waals surface area contributed by atoms with E-state index in [1.54, 1.807) is 6.08 Å². The lowest BCUT2D eigenvalue weighted by molar-refractivity contribution is -0.132. The summed E-state index contributed by atoms with van der Waals surface area (Å²) < 4.78 is 0. The van der Waals surface area contributed by atoms with Crippen LogP contribution < -0.4 is 0 Å². The van der Waals surface area contributed by atoms with Crippen LogP contribution in [0.15, 0.2) is 17.2 Å². The van der Waals surface area contributed by atoms with Gasteiger partial charge in [-0.25, -0.2) is 0 Å². The van der Waals surface area contributed by atoms with Crippen molar-refractivity contribution in [2.45, 2.75) is 20.3 Å². The highest BCUT2D eigenvalue weighted by molar-refractivity contribution is 6.46. The zero-order valence-corrected chi connectivity index (χ0v) is 6.60. The third kappa shape index (κ3) is 1.45. The molecule has 0 unspecified atom stereocenters. The second kappa shape index (κ2) is 2.82. The van der Waals surface area contributed by atoms with Crippen LogP contribution in [0.2, 0.25) is 0 Å². The summed E-state index contributed by atoms with van der Waals surface area (Å²) in [4.78, 5) is 21.9. The lowest BCUT2D eigenvalue weighted by Gasteiger charge is -2.06. The number of rotatable bonds is 0. The Labute approximate surface area is 65.6 Å². The maximum Gasteiger partial charge on any atom is 0.233 e. The van der Waals surface area contributed by atoms with Crippen molar-refractivity contribution in [2.75, 3.05) is 0 Å². The highest BCUT2D eigenvalue weighted by Gasteiger charge is 2.20. The van der Waals surface area contributed by atoms with E-state index < -0.39 is 11.6 Å². The number of ketones is 2. The van der Waals surface area contributed by atoms with Gasteiger partial charge in [0.1, 0.15) is 0 Å². The van der Waals surface area contributed by atoms with E-state index >= 15 is 0 Å². The molecule has 0 N–H and O–H groups in total. The summed E-state index contributed by atoms with van der Waals surface area (Å²) in [5.41, 5.74) is 1.54. The predicted octanol–water partition coefficient (Wildman–Crippen LogP) is 1.22. The van der Waals surface area contributed by atoms with E-state index in [2.05, 4.69) is 6.08 Å². The molecule has 0 saturated heterocycles. The van der Waals surface area contributed by atoms with E-state index in [0.717, 1.165) is 5.57 Å². The molecule has 0 fully saturated rings. The van der Waals surface area contributed by atoms with Crippen LogP contribution in [-0.2, 0) is 9.59 Å². The van der Waals surface area contributed by atoms with E-state index in [1.807, 2.05) is 13.8 Å². The lowest BCUT2D eigenvalue weighted by atomic mass is 9.95. The minimum absolute atomic E-state index is 0.396. The molecule has 1 radical (unpaired) electrons. The first-order valence-electron chi connectivity index (χ1n) is 3.46. The van der Waals surface area contributed by atoms with Crippen molar-refractivity contribution in [1.29, 1.82) is 0 Å². The first-order chi connectivity index (χ1) is 5.13. The zero-order valence-electron chi connectivity index (χ0n) is 6.60. The van der Waals surface area contributed by atoms with Gasteiger partial charge in [0, 0.05) is 11.6 Å². The Kier molecular flexibility index (Phi) is 2.03. The average Bonchev–Trinajstić information content (AvgIpc) is 1.94. The molecular weight excluding hydrogens is 140 g/mol. The molecular formula is C9H9O2. The summed E-state index contributed by atoms with van der Waals surface area (Å²) in [6.07, 6.45) is 4.52. The second-order valence-corrected chi connectivity index (χ2v) is 2.69. The molecule has 0 amide bonds. The van der Waals surface area contributed by atoms with E-state index in [9.17, 15) is 9.59 Å². The van der Waals surface area contributed by atoms with Crippen molar-refractivity contribution in [3.63, 3.8) is 0 Å². The van der Waals surface area contributed by atoms with Gasteiger partial charge in [-0.2, -0.15) is 0 Å². The van der Waals surface area contributed by atoms with Crippen LogP contribution in [0, 0.1) is 6.08 Å². The molecule has 11 heavy (non-hydrogen) atoms. The van der Waals surface area contributed by atoms with Crippen LogP contribution in [-0.4, -0.2) is 11.6 Å². The number of carbonyl (C=O) groups is 2. The molecule has 0 aromatic heterocycles. The molecule has 0 heterocycles. The summed E-state index contributed by atoms with van der Waals surface area (Å²) in [5.74, 6) is -0.917. The van der Waals surface area contributed by atoms with Crippen LogP contribution in [0.4, 0.5) is 0 Å². The van der Waals surface area contributed by atoms with E-state index in [4.69, 9.17) is 0 Å². The molecule has 0 aromatic carbocycles. The van der Waals surface area contributed by atoms with Gasteiger partial charge < -0.3 is 0 Å². The molecule has 0 bridgehead atoms. The Bertz CT molecular complexity index is 265. The summed E-state index contributed by atoms with van der Waals surface area (Å²) >= 11 is 0. The fraction of sp³-hybridized carbons (Fsp3) is 0.333. The first-order valence-corrected chi connectivity index (χ1v) is 3.46. The van der Waals surface area contributed by atoms with Crippen LogP contribution in [0.3, 0.4) is 0 Å². The largest absolute Gasteiger partial charge is 0.285 e. The number of hydrogen-bond donors (Lipinski definition) is 0. The minimum atomic E-state index is -0.521. The van der Waals surface area contributed by atoms with Crippen LogP contribution in [0.1, 0.15) is 20.3 Å². The summed E-state index contributed by atoms with van der Waals surface area (Å²) in [6.45, 7) is 3.67. The molecule has 57 valence electrons. The van der Waals surface area contributed by atoms with Crippen LogP contribution in [0.25, 0.3) is 0 Å². The van der Waals surface area contributed by atoms with Gasteiger partial charge in [-0.3, -0.25) is 9.59 Å². The van der Waals surface area contributed by atoms with Crippen molar-refractivity contribution in [3.05, 3.63) is 23.3 Å². The van der Waals surface area contributed by atoms with E-state index in [0.29, 0.717) is 12.0 Å². The standard InChI is InChI=1S/C9H9O2/c1-6(2)7-4-3-5-8(10)9(7)11/h3H,4H2,1-2H3. The predicted molar refractivity (Wildman–Crippen MR) is 40.8 cm³/mol. The van der Waals surface area contributed by atoms with Crippen LogP contribution >= 0.6 is 0 Å². The van der Waals surface area contributed by atoms with Crippen molar-refractivity contribution >= 4 is 11.6 Å². The molecule has 2 heteroatoms. The number of allylic oxidation sites excluding steroid dienone is 4. The Balaban J connectivity index is 3.06. The van der Waals surface area contributed by atoms with E-state index in [1.165, 1.54) is 0 Å².